The lowest BCUT2D eigenvalue weighted by atomic mass is 9.82. The molecule has 4 heteroatoms. The summed E-state index contributed by atoms with van der Waals surface area (Å²) in [5.74, 6) is 0.877. The standard InChI is InChI=1S/C17H34N2O2/c1-4-15-10-18-17(14-8-6-5-7-9-14)12-19(15)11-16(21-3)13-20-2/h14-18H,4-13H2,1-3H3. The van der Waals surface area contributed by atoms with Crippen molar-refractivity contribution in [2.45, 2.75) is 63.6 Å². The summed E-state index contributed by atoms with van der Waals surface area (Å²) in [6.07, 6.45) is 8.49. The van der Waals surface area contributed by atoms with Crippen LogP contribution in [0.3, 0.4) is 0 Å². The molecular weight excluding hydrogens is 264 g/mol. The summed E-state index contributed by atoms with van der Waals surface area (Å²) in [7, 11) is 3.55. The molecule has 1 aliphatic carbocycles. The molecule has 0 bridgehead atoms. The predicted molar refractivity (Wildman–Crippen MR) is 86.7 cm³/mol. The van der Waals surface area contributed by atoms with E-state index in [1.807, 2.05) is 0 Å². The van der Waals surface area contributed by atoms with E-state index in [0.29, 0.717) is 18.7 Å². The van der Waals surface area contributed by atoms with E-state index in [-0.39, 0.29) is 6.10 Å². The lowest BCUT2D eigenvalue weighted by molar-refractivity contribution is -0.0155. The van der Waals surface area contributed by atoms with Crippen LogP contribution in [-0.2, 0) is 9.47 Å². The van der Waals surface area contributed by atoms with Crippen LogP contribution in [0.15, 0.2) is 0 Å². The van der Waals surface area contributed by atoms with Gasteiger partial charge in [-0.1, -0.05) is 26.2 Å². The van der Waals surface area contributed by atoms with E-state index >= 15 is 0 Å². The summed E-state index contributed by atoms with van der Waals surface area (Å²) >= 11 is 0. The van der Waals surface area contributed by atoms with E-state index in [0.717, 1.165) is 19.0 Å². The zero-order chi connectivity index (χ0) is 15.1. The van der Waals surface area contributed by atoms with Crippen molar-refractivity contribution in [1.29, 1.82) is 0 Å². The van der Waals surface area contributed by atoms with Gasteiger partial charge in [-0.2, -0.15) is 0 Å². The highest BCUT2D eigenvalue weighted by Gasteiger charge is 2.33. The first-order valence-corrected chi connectivity index (χ1v) is 8.77. The molecule has 0 amide bonds. The third-order valence-corrected chi connectivity index (χ3v) is 5.38. The van der Waals surface area contributed by atoms with E-state index < -0.39 is 0 Å². The number of nitrogens with zero attached hydrogens (tertiary/aromatic N) is 1. The molecule has 3 unspecified atom stereocenters. The van der Waals surface area contributed by atoms with E-state index in [1.54, 1.807) is 14.2 Å². The van der Waals surface area contributed by atoms with Crippen molar-refractivity contribution in [3.05, 3.63) is 0 Å². The minimum atomic E-state index is 0.189. The molecule has 1 heterocycles. The second-order valence-electron chi connectivity index (χ2n) is 6.74. The molecule has 1 aliphatic heterocycles. The maximum Gasteiger partial charge on any atom is 0.0931 e. The van der Waals surface area contributed by atoms with Crippen molar-refractivity contribution in [2.75, 3.05) is 40.5 Å². The van der Waals surface area contributed by atoms with Gasteiger partial charge in [-0.05, 0) is 25.2 Å². The van der Waals surface area contributed by atoms with Gasteiger partial charge in [-0.25, -0.2) is 0 Å². The smallest absolute Gasteiger partial charge is 0.0931 e. The summed E-state index contributed by atoms with van der Waals surface area (Å²) in [4.78, 5) is 2.64. The Hall–Kier alpha value is -0.160. The highest BCUT2D eigenvalue weighted by molar-refractivity contribution is 4.91. The first-order chi connectivity index (χ1) is 10.3. The lowest BCUT2D eigenvalue weighted by Gasteiger charge is -2.44. The first-order valence-electron chi connectivity index (χ1n) is 8.77. The second-order valence-corrected chi connectivity index (χ2v) is 6.74. The molecule has 0 aromatic heterocycles. The van der Waals surface area contributed by atoms with Gasteiger partial charge in [0.15, 0.2) is 0 Å². The zero-order valence-corrected chi connectivity index (χ0v) is 14.1. The average molecular weight is 298 g/mol. The summed E-state index contributed by atoms with van der Waals surface area (Å²) < 4.78 is 10.9. The van der Waals surface area contributed by atoms with Crippen LogP contribution in [0.1, 0.15) is 45.4 Å². The van der Waals surface area contributed by atoms with Gasteiger partial charge < -0.3 is 14.8 Å². The summed E-state index contributed by atoms with van der Waals surface area (Å²) in [6.45, 7) is 6.27. The fourth-order valence-corrected chi connectivity index (χ4v) is 4.00. The Kier molecular flexibility index (Phi) is 7.44. The normalized spacial score (nSPS) is 30.4. The van der Waals surface area contributed by atoms with E-state index in [9.17, 15) is 0 Å². The molecule has 0 spiro atoms. The third kappa shape index (κ3) is 4.92. The Morgan fingerprint density at radius 3 is 2.57 bits per heavy atom. The number of methoxy groups -OCH3 is 2. The molecule has 0 aromatic rings. The minimum absolute atomic E-state index is 0.189. The first kappa shape index (κ1) is 17.2. The molecule has 21 heavy (non-hydrogen) atoms. The van der Waals surface area contributed by atoms with Gasteiger partial charge in [0, 0.05) is 45.9 Å². The summed E-state index contributed by atoms with van der Waals surface area (Å²) in [5.41, 5.74) is 0. The molecule has 4 nitrogen and oxygen atoms in total. The Balaban J connectivity index is 1.91. The van der Waals surface area contributed by atoms with Crippen LogP contribution in [0.5, 0.6) is 0 Å². The van der Waals surface area contributed by atoms with Crippen molar-refractivity contribution in [3.8, 4) is 0 Å². The topological polar surface area (TPSA) is 33.7 Å². The maximum atomic E-state index is 5.58. The van der Waals surface area contributed by atoms with Gasteiger partial charge >= 0.3 is 0 Å². The third-order valence-electron chi connectivity index (χ3n) is 5.38. The van der Waals surface area contributed by atoms with Crippen molar-refractivity contribution in [1.82, 2.24) is 10.2 Å². The van der Waals surface area contributed by atoms with Gasteiger partial charge in [-0.3, -0.25) is 4.90 Å². The molecule has 1 saturated heterocycles. The van der Waals surface area contributed by atoms with Gasteiger partial charge in [0.2, 0.25) is 0 Å². The predicted octanol–water partition coefficient (Wildman–Crippen LogP) is 2.28. The minimum Gasteiger partial charge on any atom is -0.382 e. The zero-order valence-electron chi connectivity index (χ0n) is 14.1. The quantitative estimate of drug-likeness (QED) is 0.782. The fraction of sp³-hybridized carbons (Fsp3) is 1.00. The Morgan fingerprint density at radius 1 is 1.19 bits per heavy atom. The highest BCUT2D eigenvalue weighted by Crippen LogP contribution is 2.28. The fourth-order valence-electron chi connectivity index (χ4n) is 4.00. The number of ether oxygens (including phenoxy) is 2. The molecule has 1 N–H and O–H groups in total. The van der Waals surface area contributed by atoms with Crippen LogP contribution in [0.4, 0.5) is 0 Å². The summed E-state index contributed by atoms with van der Waals surface area (Å²) in [6, 6.07) is 1.31. The van der Waals surface area contributed by atoms with Crippen molar-refractivity contribution >= 4 is 0 Å². The number of hydrogen-bond donors (Lipinski definition) is 1. The van der Waals surface area contributed by atoms with Gasteiger partial charge in [0.1, 0.15) is 0 Å². The van der Waals surface area contributed by atoms with Crippen molar-refractivity contribution in [3.63, 3.8) is 0 Å². The van der Waals surface area contributed by atoms with Gasteiger partial charge in [-0.15, -0.1) is 0 Å². The van der Waals surface area contributed by atoms with E-state index in [2.05, 4.69) is 17.1 Å². The van der Waals surface area contributed by atoms with Gasteiger partial charge in [0.05, 0.1) is 12.7 Å². The highest BCUT2D eigenvalue weighted by atomic mass is 16.5. The van der Waals surface area contributed by atoms with Crippen molar-refractivity contribution in [2.24, 2.45) is 5.92 Å². The molecule has 124 valence electrons. The van der Waals surface area contributed by atoms with Crippen LogP contribution in [0.2, 0.25) is 0 Å². The average Bonchev–Trinajstić information content (AvgIpc) is 2.55. The number of piperazine rings is 1. The van der Waals surface area contributed by atoms with Crippen LogP contribution < -0.4 is 5.32 Å². The van der Waals surface area contributed by atoms with Gasteiger partial charge in [0.25, 0.3) is 0 Å². The van der Waals surface area contributed by atoms with Crippen LogP contribution >= 0.6 is 0 Å². The summed E-state index contributed by atoms with van der Waals surface area (Å²) in [5, 5.41) is 3.83. The number of hydrogen-bond acceptors (Lipinski definition) is 4. The molecule has 2 rings (SSSR count). The molecule has 3 atom stereocenters. The number of nitrogens with one attached hydrogen (secondary N) is 1. The van der Waals surface area contributed by atoms with Crippen molar-refractivity contribution < 1.29 is 9.47 Å². The van der Waals surface area contributed by atoms with E-state index in [1.165, 1.54) is 45.1 Å². The molecule has 0 radical (unpaired) electrons. The monoisotopic (exact) mass is 298 g/mol. The Labute approximate surface area is 130 Å². The lowest BCUT2D eigenvalue weighted by Crippen LogP contribution is -2.60. The second kappa shape index (κ2) is 9.09. The number of rotatable bonds is 7. The van der Waals surface area contributed by atoms with Crippen LogP contribution in [-0.4, -0.2) is 63.5 Å². The SMILES string of the molecule is CCC1CNC(C2CCCCC2)CN1CC(COC)OC. The molecular formula is C17H34N2O2. The maximum absolute atomic E-state index is 5.58. The van der Waals surface area contributed by atoms with E-state index in [4.69, 9.17) is 9.47 Å². The molecule has 2 fully saturated rings. The molecule has 0 aromatic carbocycles. The largest absolute Gasteiger partial charge is 0.382 e. The molecule has 2 aliphatic rings. The molecule has 1 saturated carbocycles. The van der Waals surface area contributed by atoms with Crippen LogP contribution in [0, 0.1) is 5.92 Å². The Bertz CT molecular complexity index is 282. The Morgan fingerprint density at radius 2 is 1.95 bits per heavy atom. The van der Waals surface area contributed by atoms with Crippen LogP contribution in [0.25, 0.3) is 0 Å².